The van der Waals surface area contributed by atoms with Gasteiger partial charge in [-0.1, -0.05) is 24.3 Å². The van der Waals surface area contributed by atoms with Crippen molar-refractivity contribution in [2.75, 3.05) is 19.7 Å². The van der Waals surface area contributed by atoms with Gasteiger partial charge in [-0.25, -0.2) is 4.98 Å². The summed E-state index contributed by atoms with van der Waals surface area (Å²) >= 11 is 1.51. The average molecular weight is 302 g/mol. The minimum Gasteiger partial charge on any atom is -0.371 e. The maximum absolute atomic E-state index is 12.1. The molecule has 0 radical (unpaired) electrons. The van der Waals surface area contributed by atoms with Gasteiger partial charge in [0.2, 0.25) is 0 Å². The van der Waals surface area contributed by atoms with Crippen LogP contribution < -0.4 is 5.32 Å². The number of thiazole rings is 1. The monoisotopic (exact) mass is 302 g/mol. The van der Waals surface area contributed by atoms with Crippen LogP contribution in [0.1, 0.15) is 32.7 Å². The third-order valence-electron chi connectivity index (χ3n) is 3.55. The molecule has 1 atom stereocenters. The Hall–Kier alpha value is -1.56. The maximum atomic E-state index is 12.1. The van der Waals surface area contributed by atoms with Crippen LogP contribution in [0.5, 0.6) is 0 Å². The van der Waals surface area contributed by atoms with Gasteiger partial charge in [0, 0.05) is 24.9 Å². The number of carbonyl (C=O) groups is 1. The zero-order chi connectivity index (χ0) is 14.7. The summed E-state index contributed by atoms with van der Waals surface area (Å²) in [6.07, 6.45) is 0.512. The van der Waals surface area contributed by atoms with Crippen LogP contribution in [0.4, 0.5) is 0 Å². The van der Waals surface area contributed by atoms with E-state index >= 15 is 0 Å². The maximum Gasteiger partial charge on any atom is 0.186 e. The molecule has 1 saturated heterocycles. The minimum atomic E-state index is 0.0719. The summed E-state index contributed by atoms with van der Waals surface area (Å²) in [5.74, 6) is 0.0719. The predicted molar refractivity (Wildman–Crippen MR) is 82.9 cm³/mol. The van der Waals surface area contributed by atoms with E-state index < -0.39 is 0 Å². The van der Waals surface area contributed by atoms with Crippen molar-refractivity contribution in [3.8, 4) is 0 Å². The van der Waals surface area contributed by atoms with E-state index in [1.807, 2.05) is 36.6 Å². The van der Waals surface area contributed by atoms with Crippen LogP contribution in [-0.2, 0) is 11.2 Å². The lowest BCUT2D eigenvalue weighted by molar-refractivity contribution is 0.0277. The second-order valence-electron chi connectivity index (χ2n) is 5.16. The Morgan fingerprint density at radius 1 is 1.43 bits per heavy atom. The summed E-state index contributed by atoms with van der Waals surface area (Å²) < 4.78 is 5.72. The van der Waals surface area contributed by atoms with E-state index in [0.717, 1.165) is 35.8 Å². The quantitative estimate of drug-likeness (QED) is 0.882. The predicted octanol–water partition coefficient (Wildman–Crippen LogP) is 2.54. The molecule has 1 N–H and O–H groups in total. The number of Topliss-reactive ketones (excluding diaryl/α,β-unsaturated/α-hetero) is 1. The molecule has 2 aromatic rings. The molecular formula is C16H18N2O2S. The number of aromatic nitrogens is 1. The highest BCUT2D eigenvalue weighted by Gasteiger charge is 2.16. The standard InChI is InChI=1S/C16H18N2O2S/c1-11-18-14(10-21-11)15(19)8-12-2-4-13(5-3-12)16-9-17-6-7-20-16/h2-5,10,16-17H,6-9H2,1H3. The number of benzene rings is 1. The second-order valence-corrected chi connectivity index (χ2v) is 6.22. The van der Waals surface area contributed by atoms with Gasteiger partial charge in [0.15, 0.2) is 5.78 Å². The number of aryl methyl sites for hydroxylation is 1. The largest absolute Gasteiger partial charge is 0.371 e. The molecule has 110 valence electrons. The molecule has 0 aliphatic carbocycles. The Balaban J connectivity index is 1.65. The van der Waals surface area contributed by atoms with Gasteiger partial charge in [0.1, 0.15) is 5.69 Å². The average Bonchev–Trinajstić information content (AvgIpc) is 2.96. The van der Waals surface area contributed by atoms with E-state index in [2.05, 4.69) is 10.3 Å². The van der Waals surface area contributed by atoms with Gasteiger partial charge in [-0.3, -0.25) is 4.79 Å². The fourth-order valence-electron chi connectivity index (χ4n) is 2.40. The number of ether oxygens (including phenoxy) is 1. The topological polar surface area (TPSA) is 51.2 Å². The molecule has 1 aromatic heterocycles. The first-order chi connectivity index (χ1) is 10.2. The van der Waals surface area contributed by atoms with Crippen LogP contribution in [0.3, 0.4) is 0 Å². The van der Waals surface area contributed by atoms with Crippen molar-refractivity contribution in [3.05, 3.63) is 51.5 Å². The zero-order valence-electron chi connectivity index (χ0n) is 12.0. The van der Waals surface area contributed by atoms with Gasteiger partial charge in [0.25, 0.3) is 0 Å². The van der Waals surface area contributed by atoms with E-state index in [0.29, 0.717) is 12.1 Å². The number of ketones is 1. The fourth-order valence-corrected chi connectivity index (χ4v) is 3.01. The summed E-state index contributed by atoms with van der Waals surface area (Å²) in [4.78, 5) is 16.4. The summed E-state index contributed by atoms with van der Waals surface area (Å²) in [5.41, 5.74) is 2.74. The number of rotatable bonds is 4. The number of morpholine rings is 1. The Kier molecular flexibility index (Phi) is 4.43. The molecule has 0 spiro atoms. The lowest BCUT2D eigenvalue weighted by Gasteiger charge is -2.24. The van der Waals surface area contributed by atoms with Crippen LogP contribution in [0, 0.1) is 6.92 Å². The van der Waals surface area contributed by atoms with Gasteiger partial charge >= 0.3 is 0 Å². The van der Waals surface area contributed by atoms with Crippen molar-refractivity contribution in [2.45, 2.75) is 19.4 Å². The van der Waals surface area contributed by atoms with Crippen molar-refractivity contribution in [3.63, 3.8) is 0 Å². The van der Waals surface area contributed by atoms with Crippen molar-refractivity contribution >= 4 is 17.1 Å². The first-order valence-corrected chi connectivity index (χ1v) is 7.97. The summed E-state index contributed by atoms with van der Waals surface area (Å²) in [5, 5.41) is 6.07. The van der Waals surface area contributed by atoms with Gasteiger partial charge in [0.05, 0.1) is 17.7 Å². The highest BCUT2D eigenvalue weighted by Crippen LogP contribution is 2.20. The summed E-state index contributed by atoms with van der Waals surface area (Å²) in [7, 11) is 0. The normalized spacial score (nSPS) is 18.6. The first-order valence-electron chi connectivity index (χ1n) is 7.09. The van der Waals surface area contributed by atoms with E-state index in [-0.39, 0.29) is 11.9 Å². The van der Waals surface area contributed by atoms with E-state index in [4.69, 9.17) is 4.74 Å². The highest BCUT2D eigenvalue weighted by atomic mass is 32.1. The molecule has 3 rings (SSSR count). The first kappa shape index (κ1) is 14.4. The van der Waals surface area contributed by atoms with Crippen molar-refractivity contribution in [2.24, 2.45) is 0 Å². The Morgan fingerprint density at radius 3 is 2.86 bits per heavy atom. The molecule has 2 heterocycles. The van der Waals surface area contributed by atoms with Gasteiger partial charge < -0.3 is 10.1 Å². The van der Waals surface area contributed by atoms with E-state index in [9.17, 15) is 4.79 Å². The fraction of sp³-hybridized carbons (Fsp3) is 0.375. The van der Waals surface area contributed by atoms with Crippen molar-refractivity contribution in [1.29, 1.82) is 0 Å². The molecule has 21 heavy (non-hydrogen) atoms. The SMILES string of the molecule is Cc1nc(C(=O)Cc2ccc(C3CNCCO3)cc2)cs1. The Bertz CT molecular complexity index is 615. The third kappa shape index (κ3) is 3.56. The smallest absolute Gasteiger partial charge is 0.186 e. The molecule has 1 fully saturated rings. The molecule has 4 nitrogen and oxygen atoms in total. The Labute approximate surface area is 128 Å². The number of hydrogen-bond donors (Lipinski definition) is 1. The number of hydrogen-bond acceptors (Lipinski definition) is 5. The Morgan fingerprint density at radius 2 is 2.24 bits per heavy atom. The summed E-state index contributed by atoms with van der Waals surface area (Å²) in [6.45, 7) is 4.41. The second kappa shape index (κ2) is 6.47. The lowest BCUT2D eigenvalue weighted by Crippen LogP contribution is -2.33. The molecule has 5 heteroatoms. The molecule has 1 unspecified atom stereocenters. The lowest BCUT2D eigenvalue weighted by atomic mass is 10.0. The van der Waals surface area contributed by atoms with E-state index in [1.165, 1.54) is 11.3 Å². The van der Waals surface area contributed by atoms with Crippen LogP contribution in [-0.4, -0.2) is 30.5 Å². The van der Waals surface area contributed by atoms with Crippen LogP contribution in [0.15, 0.2) is 29.6 Å². The van der Waals surface area contributed by atoms with Gasteiger partial charge in [-0.15, -0.1) is 11.3 Å². The molecule has 0 bridgehead atoms. The van der Waals surface area contributed by atoms with Crippen LogP contribution >= 0.6 is 11.3 Å². The zero-order valence-corrected chi connectivity index (χ0v) is 12.8. The van der Waals surface area contributed by atoms with Crippen LogP contribution in [0.2, 0.25) is 0 Å². The molecular weight excluding hydrogens is 284 g/mol. The molecule has 0 amide bonds. The number of carbonyl (C=O) groups excluding carboxylic acids is 1. The third-order valence-corrected chi connectivity index (χ3v) is 4.32. The minimum absolute atomic E-state index is 0.0719. The summed E-state index contributed by atoms with van der Waals surface area (Å²) in [6, 6.07) is 8.11. The molecule has 0 saturated carbocycles. The van der Waals surface area contributed by atoms with Crippen molar-refractivity contribution in [1.82, 2.24) is 10.3 Å². The van der Waals surface area contributed by atoms with Gasteiger partial charge in [-0.05, 0) is 18.1 Å². The highest BCUT2D eigenvalue weighted by molar-refractivity contribution is 7.09. The molecule has 1 aromatic carbocycles. The van der Waals surface area contributed by atoms with Gasteiger partial charge in [-0.2, -0.15) is 0 Å². The molecule has 1 aliphatic rings. The number of nitrogens with one attached hydrogen (secondary N) is 1. The van der Waals surface area contributed by atoms with Crippen molar-refractivity contribution < 1.29 is 9.53 Å². The van der Waals surface area contributed by atoms with Crippen LogP contribution in [0.25, 0.3) is 0 Å². The number of nitrogens with zero attached hydrogens (tertiary/aromatic N) is 1. The molecule has 1 aliphatic heterocycles. The van der Waals surface area contributed by atoms with E-state index in [1.54, 1.807) is 0 Å².